The summed E-state index contributed by atoms with van der Waals surface area (Å²) in [5.41, 5.74) is 6.78. The Labute approximate surface area is 102 Å². The van der Waals surface area contributed by atoms with Crippen LogP contribution in [0.4, 0.5) is 24.7 Å². The standard InChI is InChI=1S/C10H13F3N4O/c1-6-4-7(14)5-17-8(6)15-2-3-16-9(18)10(11,12)13/h4-5H,2-3,14H2,1H3,(H,15,17)(H,16,18). The van der Waals surface area contributed by atoms with E-state index in [0.717, 1.165) is 5.56 Å². The molecule has 0 aromatic carbocycles. The average molecular weight is 262 g/mol. The van der Waals surface area contributed by atoms with Crippen molar-refractivity contribution in [1.29, 1.82) is 0 Å². The Kier molecular flexibility index (Phi) is 4.35. The molecule has 1 amide bonds. The lowest BCUT2D eigenvalue weighted by atomic mass is 10.2. The van der Waals surface area contributed by atoms with Gasteiger partial charge in [0, 0.05) is 13.1 Å². The van der Waals surface area contributed by atoms with E-state index < -0.39 is 12.1 Å². The second-order valence-electron chi connectivity index (χ2n) is 3.61. The smallest absolute Gasteiger partial charge is 0.397 e. The van der Waals surface area contributed by atoms with Crippen LogP contribution in [0.3, 0.4) is 0 Å². The van der Waals surface area contributed by atoms with Crippen molar-refractivity contribution in [3.63, 3.8) is 0 Å². The van der Waals surface area contributed by atoms with Crippen molar-refractivity contribution >= 4 is 17.4 Å². The summed E-state index contributed by atoms with van der Waals surface area (Å²) >= 11 is 0. The minimum absolute atomic E-state index is 0.138. The maximum Gasteiger partial charge on any atom is 0.471 e. The molecule has 0 saturated heterocycles. The molecule has 0 atom stereocenters. The maximum absolute atomic E-state index is 11.8. The van der Waals surface area contributed by atoms with E-state index in [-0.39, 0.29) is 13.1 Å². The molecule has 18 heavy (non-hydrogen) atoms. The highest BCUT2D eigenvalue weighted by Crippen LogP contribution is 2.14. The van der Waals surface area contributed by atoms with E-state index in [1.54, 1.807) is 18.3 Å². The van der Waals surface area contributed by atoms with E-state index >= 15 is 0 Å². The van der Waals surface area contributed by atoms with E-state index in [4.69, 9.17) is 5.73 Å². The first-order valence-corrected chi connectivity index (χ1v) is 5.11. The average Bonchev–Trinajstić information content (AvgIpc) is 2.25. The molecule has 0 spiro atoms. The number of carbonyl (C=O) groups excluding carboxylic acids is 1. The number of rotatable bonds is 4. The molecule has 1 rings (SSSR count). The van der Waals surface area contributed by atoms with Gasteiger partial charge < -0.3 is 16.4 Å². The number of anilines is 2. The highest BCUT2D eigenvalue weighted by Gasteiger charge is 2.38. The summed E-state index contributed by atoms with van der Waals surface area (Å²) in [6.07, 6.45) is -3.42. The Hall–Kier alpha value is -1.99. The summed E-state index contributed by atoms with van der Waals surface area (Å²) in [6, 6.07) is 1.68. The maximum atomic E-state index is 11.8. The molecular formula is C10H13F3N4O. The summed E-state index contributed by atoms with van der Waals surface area (Å²) in [7, 11) is 0. The van der Waals surface area contributed by atoms with Gasteiger partial charge in [0.15, 0.2) is 0 Å². The highest BCUT2D eigenvalue weighted by molar-refractivity contribution is 5.81. The van der Waals surface area contributed by atoms with Gasteiger partial charge in [0.05, 0.1) is 11.9 Å². The Morgan fingerprint density at radius 2 is 2.11 bits per heavy atom. The molecule has 0 bridgehead atoms. The van der Waals surface area contributed by atoms with Gasteiger partial charge in [-0.15, -0.1) is 0 Å². The van der Waals surface area contributed by atoms with Gasteiger partial charge in [0.1, 0.15) is 5.82 Å². The summed E-state index contributed by atoms with van der Waals surface area (Å²) in [4.78, 5) is 14.5. The van der Waals surface area contributed by atoms with E-state index in [2.05, 4.69) is 10.3 Å². The highest BCUT2D eigenvalue weighted by atomic mass is 19.4. The third kappa shape index (κ3) is 4.11. The molecular weight excluding hydrogens is 249 g/mol. The molecule has 8 heteroatoms. The van der Waals surface area contributed by atoms with Crippen molar-refractivity contribution in [3.05, 3.63) is 17.8 Å². The number of pyridine rings is 1. The zero-order valence-electron chi connectivity index (χ0n) is 9.64. The zero-order chi connectivity index (χ0) is 13.8. The number of aryl methyl sites for hydroxylation is 1. The molecule has 1 aromatic heterocycles. The fraction of sp³-hybridized carbons (Fsp3) is 0.400. The van der Waals surface area contributed by atoms with Gasteiger partial charge in [0.25, 0.3) is 0 Å². The number of amides is 1. The summed E-state index contributed by atoms with van der Waals surface area (Å²) in [6.45, 7) is 1.75. The van der Waals surface area contributed by atoms with Gasteiger partial charge in [-0.3, -0.25) is 4.79 Å². The Bertz CT molecular complexity index is 434. The van der Waals surface area contributed by atoms with Crippen LogP contribution in [0.5, 0.6) is 0 Å². The number of alkyl halides is 3. The third-order valence-electron chi connectivity index (χ3n) is 2.06. The van der Waals surface area contributed by atoms with Gasteiger partial charge in [-0.1, -0.05) is 0 Å². The number of halogens is 3. The normalized spacial score (nSPS) is 11.1. The number of aromatic nitrogens is 1. The van der Waals surface area contributed by atoms with Gasteiger partial charge in [-0.05, 0) is 18.6 Å². The van der Waals surface area contributed by atoms with Gasteiger partial charge in [-0.2, -0.15) is 13.2 Å². The molecule has 1 heterocycles. The second kappa shape index (κ2) is 5.56. The number of nitrogens with zero attached hydrogens (tertiary/aromatic N) is 1. The predicted octanol–water partition coefficient (Wildman–Crippen LogP) is 1.06. The van der Waals surface area contributed by atoms with Gasteiger partial charge in [0.2, 0.25) is 0 Å². The topological polar surface area (TPSA) is 80.0 Å². The lowest BCUT2D eigenvalue weighted by molar-refractivity contribution is -0.173. The van der Waals surface area contributed by atoms with Crippen LogP contribution in [0.1, 0.15) is 5.56 Å². The van der Waals surface area contributed by atoms with E-state index in [0.29, 0.717) is 11.5 Å². The number of hydrogen-bond donors (Lipinski definition) is 3. The van der Waals surface area contributed by atoms with Crippen molar-refractivity contribution in [2.45, 2.75) is 13.1 Å². The number of nitrogens with one attached hydrogen (secondary N) is 2. The summed E-state index contributed by atoms with van der Waals surface area (Å²) in [5.74, 6) is -1.43. The van der Waals surface area contributed by atoms with E-state index in [9.17, 15) is 18.0 Å². The Morgan fingerprint density at radius 1 is 1.44 bits per heavy atom. The molecule has 0 aliphatic heterocycles. The molecule has 0 radical (unpaired) electrons. The molecule has 0 fully saturated rings. The summed E-state index contributed by atoms with van der Waals surface area (Å²) < 4.78 is 35.5. The van der Waals surface area contributed by atoms with Crippen molar-refractivity contribution < 1.29 is 18.0 Å². The number of hydrogen-bond acceptors (Lipinski definition) is 4. The van der Waals surface area contributed by atoms with Gasteiger partial charge >= 0.3 is 12.1 Å². The molecule has 0 aliphatic carbocycles. The molecule has 0 aliphatic rings. The Morgan fingerprint density at radius 3 is 2.67 bits per heavy atom. The van der Waals surface area contributed by atoms with Crippen LogP contribution in [-0.2, 0) is 4.79 Å². The molecule has 0 unspecified atom stereocenters. The predicted molar refractivity (Wildman–Crippen MR) is 60.9 cm³/mol. The molecule has 4 N–H and O–H groups in total. The number of nitrogens with two attached hydrogens (primary N) is 1. The van der Waals surface area contributed by atoms with Crippen molar-refractivity contribution in [2.75, 3.05) is 24.1 Å². The minimum atomic E-state index is -4.85. The van der Waals surface area contributed by atoms with Crippen LogP contribution in [-0.4, -0.2) is 30.2 Å². The second-order valence-corrected chi connectivity index (χ2v) is 3.61. The van der Waals surface area contributed by atoms with Crippen LogP contribution in [0.2, 0.25) is 0 Å². The van der Waals surface area contributed by atoms with Crippen LogP contribution >= 0.6 is 0 Å². The van der Waals surface area contributed by atoms with Gasteiger partial charge in [-0.25, -0.2) is 4.98 Å². The lowest BCUT2D eigenvalue weighted by Gasteiger charge is -2.10. The largest absolute Gasteiger partial charge is 0.471 e. The fourth-order valence-electron chi connectivity index (χ4n) is 1.24. The van der Waals surface area contributed by atoms with E-state index in [1.165, 1.54) is 6.20 Å². The zero-order valence-corrected chi connectivity index (χ0v) is 9.64. The number of nitrogen functional groups attached to an aromatic ring is 1. The van der Waals surface area contributed by atoms with Crippen LogP contribution < -0.4 is 16.4 Å². The quantitative estimate of drug-likeness (QED) is 0.709. The fourth-order valence-corrected chi connectivity index (χ4v) is 1.24. The molecule has 1 aromatic rings. The third-order valence-corrected chi connectivity index (χ3v) is 2.06. The minimum Gasteiger partial charge on any atom is -0.397 e. The SMILES string of the molecule is Cc1cc(N)cnc1NCCNC(=O)C(F)(F)F. The van der Waals surface area contributed by atoms with Crippen LogP contribution in [0, 0.1) is 6.92 Å². The molecule has 5 nitrogen and oxygen atoms in total. The number of carbonyl (C=O) groups is 1. The van der Waals surface area contributed by atoms with Crippen molar-refractivity contribution in [1.82, 2.24) is 10.3 Å². The first kappa shape index (κ1) is 14.1. The Balaban J connectivity index is 2.36. The molecule has 100 valence electrons. The lowest BCUT2D eigenvalue weighted by Crippen LogP contribution is -2.39. The van der Waals surface area contributed by atoms with Crippen LogP contribution in [0.25, 0.3) is 0 Å². The first-order chi connectivity index (χ1) is 8.30. The summed E-state index contributed by atoms with van der Waals surface area (Å²) in [5, 5.41) is 4.54. The first-order valence-electron chi connectivity index (χ1n) is 5.11. The monoisotopic (exact) mass is 262 g/mol. The van der Waals surface area contributed by atoms with E-state index in [1.807, 2.05) is 0 Å². The van der Waals surface area contributed by atoms with Crippen molar-refractivity contribution in [3.8, 4) is 0 Å². The van der Waals surface area contributed by atoms with Crippen molar-refractivity contribution in [2.24, 2.45) is 0 Å². The molecule has 0 saturated carbocycles. The van der Waals surface area contributed by atoms with Crippen LogP contribution in [0.15, 0.2) is 12.3 Å².